The van der Waals surface area contributed by atoms with Gasteiger partial charge in [0.15, 0.2) is 0 Å². The maximum atomic E-state index is 11.9. The van der Waals surface area contributed by atoms with E-state index in [1.54, 1.807) is 13.8 Å². The SMILES string of the molecule is CC[C@@H](C)OC(=O)CC[C@H](NC(C)=O)C(=O)O[C@H](C)CC. The normalized spacial score (nSPS) is 14.7. The average Bonchev–Trinajstić information content (AvgIpc) is 2.42. The minimum absolute atomic E-state index is 0.0604. The van der Waals surface area contributed by atoms with Crippen molar-refractivity contribution in [2.75, 3.05) is 0 Å². The van der Waals surface area contributed by atoms with Gasteiger partial charge in [-0.05, 0) is 33.1 Å². The summed E-state index contributed by atoms with van der Waals surface area (Å²) in [5.41, 5.74) is 0. The Morgan fingerprint density at radius 2 is 1.52 bits per heavy atom. The van der Waals surface area contributed by atoms with Crippen LogP contribution in [0.15, 0.2) is 0 Å². The second kappa shape index (κ2) is 10.2. The van der Waals surface area contributed by atoms with Crippen LogP contribution in [0.25, 0.3) is 0 Å². The van der Waals surface area contributed by atoms with Crippen LogP contribution in [0.3, 0.4) is 0 Å². The Morgan fingerprint density at radius 1 is 1.00 bits per heavy atom. The number of hydrogen-bond acceptors (Lipinski definition) is 5. The van der Waals surface area contributed by atoms with Crippen molar-refractivity contribution in [2.24, 2.45) is 0 Å². The van der Waals surface area contributed by atoms with Crippen LogP contribution in [0.4, 0.5) is 0 Å². The molecule has 0 aromatic heterocycles. The van der Waals surface area contributed by atoms with Crippen LogP contribution >= 0.6 is 0 Å². The first-order valence-corrected chi connectivity index (χ1v) is 7.47. The van der Waals surface area contributed by atoms with Gasteiger partial charge in [0.05, 0.1) is 12.2 Å². The van der Waals surface area contributed by atoms with Crippen LogP contribution in [0, 0.1) is 0 Å². The molecule has 0 fully saturated rings. The van der Waals surface area contributed by atoms with Crippen LogP contribution in [-0.4, -0.2) is 36.1 Å². The Labute approximate surface area is 126 Å². The van der Waals surface area contributed by atoms with Gasteiger partial charge >= 0.3 is 11.9 Å². The molecule has 0 heterocycles. The van der Waals surface area contributed by atoms with Crippen molar-refractivity contribution in [3.63, 3.8) is 0 Å². The lowest BCUT2D eigenvalue weighted by atomic mass is 10.1. The monoisotopic (exact) mass is 301 g/mol. The molecule has 0 aliphatic carbocycles. The topological polar surface area (TPSA) is 81.7 Å². The van der Waals surface area contributed by atoms with Crippen LogP contribution in [-0.2, 0) is 23.9 Å². The molecule has 0 unspecified atom stereocenters. The molecule has 6 heteroatoms. The minimum atomic E-state index is -0.819. The molecular formula is C15H27NO5. The predicted molar refractivity (Wildman–Crippen MR) is 78.5 cm³/mol. The lowest BCUT2D eigenvalue weighted by molar-refractivity contribution is -0.153. The highest BCUT2D eigenvalue weighted by Crippen LogP contribution is 2.07. The van der Waals surface area contributed by atoms with Gasteiger partial charge in [0, 0.05) is 13.3 Å². The Morgan fingerprint density at radius 3 is 2.00 bits per heavy atom. The summed E-state index contributed by atoms with van der Waals surface area (Å²) >= 11 is 0. The number of esters is 2. The summed E-state index contributed by atoms with van der Waals surface area (Å²) in [6.45, 7) is 8.72. The summed E-state index contributed by atoms with van der Waals surface area (Å²) < 4.78 is 10.3. The molecule has 0 saturated carbocycles. The Hall–Kier alpha value is -1.59. The van der Waals surface area contributed by atoms with Gasteiger partial charge in [0.2, 0.25) is 5.91 Å². The zero-order valence-electron chi connectivity index (χ0n) is 13.6. The lowest BCUT2D eigenvalue weighted by Gasteiger charge is -2.19. The number of ether oxygens (including phenoxy) is 2. The fraction of sp³-hybridized carbons (Fsp3) is 0.800. The van der Waals surface area contributed by atoms with Crippen molar-refractivity contribution < 1.29 is 23.9 Å². The summed E-state index contributed by atoms with van der Waals surface area (Å²) in [6, 6.07) is -0.819. The van der Waals surface area contributed by atoms with E-state index in [0.717, 1.165) is 6.42 Å². The largest absolute Gasteiger partial charge is 0.463 e. The number of carbonyl (C=O) groups is 3. The van der Waals surface area contributed by atoms with E-state index < -0.39 is 12.0 Å². The van der Waals surface area contributed by atoms with E-state index in [1.165, 1.54) is 6.92 Å². The van der Waals surface area contributed by atoms with Crippen molar-refractivity contribution in [1.29, 1.82) is 0 Å². The van der Waals surface area contributed by atoms with E-state index in [4.69, 9.17) is 9.47 Å². The molecule has 0 aromatic carbocycles. The zero-order valence-corrected chi connectivity index (χ0v) is 13.6. The number of rotatable bonds is 9. The molecule has 1 N–H and O–H groups in total. The molecule has 0 bridgehead atoms. The number of hydrogen-bond donors (Lipinski definition) is 1. The third-order valence-corrected chi connectivity index (χ3v) is 3.10. The minimum Gasteiger partial charge on any atom is -0.463 e. The highest BCUT2D eigenvalue weighted by atomic mass is 16.5. The van der Waals surface area contributed by atoms with E-state index in [2.05, 4.69) is 5.32 Å². The van der Waals surface area contributed by atoms with Crippen molar-refractivity contribution in [3.05, 3.63) is 0 Å². The van der Waals surface area contributed by atoms with Gasteiger partial charge in [0.25, 0.3) is 0 Å². The second-order valence-electron chi connectivity index (χ2n) is 5.16. The van der Waals surface area contributed by atoms with Crippen LogP contribution in [0.2, 0.25) is 0 Å². The zero-order chi connectivity index (χ0) is 16.4. The van der Waals surface area contributed by atoms with Crippen LogP contribution in [0.1, 0.15) is 60.3 Å². The predicted octanol–water partition coefficient (Wildman–Crippen LogP) is 1.95. The molecule has 0 rings (SSSR count). The van der Waals surface area contributed by atoms with Gasteiger partial charge in [-0.15, -0.1) is 0 Å². The molecule has 6 nitrogen and oxygen atoms in total. The Bertz CT molecular complexity index is 356. The van der Waals surface area contributed by atoms with Crippen molar-refractivity contribution in [2.45, 2.75) is 78.6 Å². The van der Waals surface area contributed by atoms with Crippen molar-refractivity contribution >= 4 is 17.8 Å². The number of nitrogens with one attached hydrogen (secondary N) is 1. The summed E-state index contributed by atoms with van der Waals surface area (Å²) in [4.78, 5) is 34.7. The molecule has 3 atom stereocenters. The second-order valence-corrected chi connectivity index (χ2v) is 5.16. The van der Waals surface area contributed by atoms with E-state index in [0.29, 0.717) is 6.42 Å². The molecule has 1 amide bonds. The maximum Gasteiger partial charge on any atom is 0.328 e. The van der Waals surface area contributed by atoms with Gasteiger partial charge in [-0.2, -0.15) is 0 Å². The van der Waals surface area contributed by atoms with Gasteiger partial charge < -0.3 is 14.8 Å². The fourth-order valence-electron chi connectivity index (χ4n) is 1.49. The Kier molecular flexibility index (Phi) is 9.41. The highest BCUT2D eigenvalue weighted by Gasteiger charge is 2.24. The van der Waals surface area contributed by atoms with Crippen molar-refractivity contribution in [1.82, 2.24) is 5.32 Å². The first kappa shape index (κ1) is 19.4. The molecular weight excluding hydrogens is 274 g/mol. The molecule has 0 aliphatic rings. The van der Waals surface area contributed by atoms with E-state index in [1.807, 2.05) is 13.8 Å². The summed E-state index contributed by atoms with van der Waals surface area (Å²) in [6.07, 6.45) is 1.28. The summed E-state index contributed by atoms with van der Waals surface area (Å²) in [7, 11) is 0. The van der Waals surface area contributed by atoms with Gasteiger partial charge in [-0.25, -0.2) is 4.79 Å². The fourth-order valence-corrected chi connectivity index (χ4v) is 1.49. The lowest BCUT2D eigenvalue weighted by Crippen LogP contribution is -2.42. The Balaban J connectivity index is 4.45. The summed E-state index contributed by atoms with van der Waals surface area (Å²) in [5, 5.41) is 2.51. The maximum absolute atomic E-state index is 11.9. The molecule has 0 spiro atoms. The third kappa shape index (κ3) is 9.05. The first-order valence-electron chi connectivity index (χ1n) is 7.47. The van der Waals surface area contributed by atoms with Crippen LogP contribution < -0.4 is 5.32 Å². The molecule has 0 aromatic rings. The molecule has 0 radical (unpaired) electrons. The number of amides is 1. The van der Waals surface area contributed by atoms with E-state index in [9.17, 15) is 14.4 Å². The molecule has 0 saturated heterocycles. The summed E-state index contributed by atoms with van der Waals surface area (Å²) in [5.74, 6) is -1.23. The first-order chi connectivity index (χ1) is 9.79. The van der Waals surface area contributed by atoms with Crippen molar-refractivity contribution in [3.8, 4) is 0 Å². The number of carbonyl (C=O) groups excluding carboxylic acids is 3. The molecule has 122 valence electrons. The van der Waals surface area contributed by atoms with Crippen LogP contribution in [0.5, 0.6) is 0 Å². The van der Waals surface area contributed by atoms with E-state index >= 15 is 0 Å². The highest BCUT2D eigenvalue weighted by molar-refractivity contribution is 5.83. The van der Waals surface area contributed by atoms with Gasteiger partial charge in [-0.1, -0.05) is 13.8 Å². The quantitative estimate of drug-likeness (QED) is 0.658. The third-order valence-electron chi connectivity index (χ3n) is 3.10. The van der Waals surface area contributed by atoms with Gasteiger partial charge in [-0.3, -0.25) is 9.59 Å². The smallest absolute Gasteiger partial charge is 0.328 e. The van der Waals surface area contributed by atoms with Gasteiger partial charge in [0.1, 0.15) is 6.04 Å². The molecule has 21 heavy (non-hydrogen) atoms. The molecule has 0 aliphatic heterocycles. The average molecular weight is 301 g/mol. The van der Waals surface area contributed by atoms with E-state index in [-0.39, 0.29) is 36.9 Å². The standard InChI is InChI=1S/C15H27NO5/c1-6-10(3)20-14(18)9-8-13(16-12(5)17)15(19)21-11(4)7-2/h10-11,13H,6-9H2,1-5H3,(H,16,17)/t10-,11-,13+/m1/s1.